The Bertz CT molecular complexity index is 1510. The van der Waals surface area contributed by atoms with Crippen LogP contribution in [0.4, 0.5) is 5.69 Å². The molecule has 42 heavy (non-hydrogen) atoms. The fourth-order valence-electron chi connectivity index (χ4n) is 4.23. The Morgan fingerprint density at radius 2 is 1.45 bits per heavy atom. The number of nitrogens with one attached hydrogen (secondary N) is 1. The molecule has 7 nitrogen and oxygen atoms in total. The molecule has 3 rings (SSSR count). The number of carbonyl (C=O) groups is 2. The van der Waals surface area contributed by atoms with Gasteiger partial charge in [0.05, 0.1) is 20.6 Å². The van der Waals surface area contributed by atoms with Crippen LogP contribution < -0.4 is 9.62 Å². The minimum atomic E-state index is -4.31. The third-order valence-electron chi connectivity index (χ3n) is 6.55. The lowest BCUT2D eigenvalue weighted by atomic mass is 10.1. The number of carbonyl (C=O) groups excluding carboxylic acids is 2. The van der Waals surface area contributed by atoms with Crippen molar-refractivity contribution in [3.8, 4) is 0 Å². The van der Waals surface area contributed by atoms with Crippen LogP contribution in [0.25, 0.3) is 0 Å². The molecule has 0 heterocycles. The summed E-state index contributed by atoms with van der Waals surface area (Å²) in [7, 11) is -4.31. The highest BCUT2D eigenvalue weighted by Crippen LogP contribution is 2.36. The Kier molecular flexibility index (Phi) is 12.0. The molecular weight excluding hydrogens is 640 g/mol. The van der Waals surface area contributed by atoms with Crippen LogP contribution >= 0.6 is 46.4 Å². The van der Waals surface area contributed by atoms with Crippen LogP contribution in [0.1, 0.15) is 38.3 Å². The number of halogens is 4. The molecule has 0 aliphatic heterocycles. The van der Waals surface area contributed by atoms with Gasteiger partial charge in [-0.3, -0.25) is 13.9 Å². The third kappa shape index (κ3) is 8.11. The molecule has 0 saturated carbocycles. The van der Waals surface area contributed by atoms with Gasteiger partial charge in [0.15, 0.2) is 0 Å². The predicted octanol–water partition coefficient (Wildman–Crippen LogP) is 7.38. The summed E-state index contributed by atoms with van der Waals surface area (Å²) < 4.78 is 28.9. The van der Waals surface area contributed by atoms with Crippen molar-refractivity contribution in [1.82, 2.24) is 10.2 Å². The highest BCUT2D eigenvalue weighted by Gasteiger charge is 2.35. The Labute approximate surface area is 267 Å². The average molecular weight is 673 g/mol. The fourth-order valence-corrected chi connectivity index (χ4v) is 6.62. The molecular formula is C30H33Cl4N3O4S. The quantitative estimate of drug-likeness (QED) is 0.218. The van der Waals surface area contributed by atoms with Crippen LogP contribution in [0.15, 0.2) is 65.6 Å². The second kappa shape index (κ2) is 14.8. The normalized spacial score (nSPS) is 12.2. The van der Waals surface area contributed by atoms with Gasteiger partial charge in [-0.25, -0.2) is 8.42 Å². The first-order valence-corrected chi connectivity index (χ1v) is 16.3. The summed E-state index contributed by atoms with van der Waals surface area (Å²) in [4.78, 5) is 28.8. The van der Waals surface area contributed by atoms with E-state index in [4.69, 9.17) is 46.4 Å². The fraction of sp³-hybridized carbons (Fsp3) is 0.333. The predicted molar refractivity (Wildman–Crippen MR) is 171 cm³/mol. The Balaban J connectivity index is 2.13. The molecule has 0 aromatic heterocycles. The largest absolute Gasteiger partial charge is 0.354 e. The van der Waals surface area contributed by atoms with Crippen molar-refractivity contribution in [2.75, 3.05) is 17.4 Å². The van der Waals surface area contributed by atoms with E-state index < -0.39 is 28.5 Å². The Morgan fingerprint density at radius 3 is 2.02 bits per heavy atom. The second-order valence-corrected chi connectivity index (χ2v) is 13.6. The molecule has 1 atom stereocenters. The zero-order valence-electron chi connectivity index (χ0n) is 23.7. The SMILES string of the molecule is CC[C@@H](C(=O)NCC(C)C)N(Cc1c(Cl)cccc1Cl)C(=O)CN(c1cccc(Cl)c1Cl)S(=O)(=O)c1ccc(C)cc1. The number of aryl methyl sites for hydroxylation is 1. The van der Waals surface area contributed by atoms with Crippen LogP contribution in [0.3, 0.4) is 0 Å². The van der Waals surface area contributed by atoms with Crippen LogP contribution in [-0.2, 0) is 26.2 Å². The van der Waals surface area contributed by atoms with Gasteiger partial charge in [-0.15, -0.1) is 0 Å². The Morgan fingerprint density at radius 1 is 0.881 bits per heavy atom. The van der Waals surface area contributed by atoms with Gasteiger partial charge in [0.2, 0.25) is 11.8 Å². The molecule has 0 aliphatic rings. The van der Waals surface area contributed by atoms with Crippen molar-refractivity contribution in [2.24, 2.45) is 5.92 Å². The molecule has 0 fully saturated rings. The topological polar surface area (TPSA) is 86.8 Å². The van der Waals surface area contributed by atoms with Gasteiger partial charge in [-0.2, -0.15) is 0 Å². The molecule has 2 amide bonds. The van der Waals surface area contributed by atoms with Crippen molar-refractivity contribution in [2.45, 2.75) is 51.6 Å². The second-order valence-electron chi connectivity index (χ2n) is 10.2. The molecule has 0 unspecified atom stereocenters. The first-order valence-electron chi connectivity index (χ1n) is 13.3. The Hall–Kier alpha value is -2.49. The summed E-state index contributed by atoms with van der Waals surface area (Å²) in [5, 5.41) is 3.57. The third-order valence-corrected chi connectivity index (χ3v) is 9.84. The van der Waals surface area contributed by atoms with E-state index in [1.807, 2.05) is 20.8 Å². The highest BCUT2D eigenvalue weighted by molar-refractivity contribution is 7.92. The summed E-state index contributed by atoms with van der Waals surface area (Å²) in [6.45, 7) is 7.10. The van der Waals surface area contributed by atoms with E-state index in [1.54, 1.807) is 43.3 Å². The minimum Gasteiger partial charge on any atom is -0.354 e. The number of amides is 2. The molecule has 3 aromatic rings. The van der Waals surface area contributed by atoms with Gasteiger partial charge in [0, 0.05) is 28.7 Å². The first-order chi connectivity index (χ1) is 19.8. The zero-order chi connectivity index (χ0) is 31.2. The number of hydrogen-bond donors (Lipinski definition) is 1. The maximum absolute atomic E-state index is 14.2. The summed E-state index contributed by atoms with van der Waals surface area (Å²) in [5.41, 5.74) is 1.31. The number of nitrogens with zero attached hydrogens (tertiary/aromatic N) is 2. The molecule has 0 radical (unpaired) electrons. The number of anilines is 1. The van der Waals surface area contributed by atoms with Crippen molar-refractivity contribution in [1.29, 1.82) is 0 Å². The van der Waals surface area contributed by atoms with Crippen molar-refractivity contribution in [3.05, 3.63) is 91.9 Å². The number of benzene rings is 3. The number of sulfonamides is 1. The molecule has 0 aliphatic carbocycles. The standard InChI is InChI=1S/C30H33Cl4N3O4S/c1-5-26(30(39)35-16-19(2)3)36(17-22-23(31)8-6-9-24(22)32)28(38)18-37(27-11-7-10-25(33)29(27)34)42(40,41)21-14-12-20(4)13-15-21/h6-15,19,26H,5,16-18H2,1-4H3,(H,35,39)/t26-/m0/s1. The summed E-state index contributed by atoms with van der Waals surface area (Å²) in [6, 6.07) is 14.7. The van der Waals surface area contributed by atoms with E-state index >= 15 is 0 Å². The van der Waals surface area contributed by atoms with Crippen molar-refractivity contribution < 1.29 is 18.0 Å². The van der Waals surface area contributed by atoms with Crippen LogP contribution in [0.2, 0.25) is 20.1 Å². The average Bonchev–Trinajstić information content (AvgIpc) is 2.93. The van der Waals surface area contributed by atoms with Gasteiger partial charge < -0.3 is 10.2 Å². The summed E-state index contributed by atoms with van der Waals surface area (Å²) in [5.74, 6) is -0.866. The van der Waals surface area contributed by atoms with Crippen LogP contribution in [0.5, 0.6) is 0 Å². The van der Waals surface area contributed by atoms with Gasteiger partial charge in [-0.05, 0) is 55.7 Å². The first kappa shape index (κ1) is 34.0. The van der Waals surface area contributed by atoms with E-state index in [0.29, 0.717) is 22.2 Å². The van der Waals surface area contributed by atoms with E-state index in [9.17, 15) is 18.0 Å². The summed E-state index contributed by atoms with van der Waals surface area (Å²) >= 11 is 25.7. The number of hydrogen-bond acceptors (Lipinski definition) is 4. The lowest BCUT2D eigenvalue weighted by Crippen LogP contribution is -2.52. The molecule has 0 spiro atoms. The molecule has 0 saturated heterocycles. The van der Waals surface area contributed by atoms with E-state index in [2.05, 4.69) is 5.32 Å². The van der Waals surface area contributed by atoms with E-state index in [0.717, 1.165) is 9.87 Å². The maximum atomic E-state index is 14.2. The summed E-state index contributed by atoms with van der Waals surface area (Å²) in [6.07, 6.45) is 0.250. The maximum Gasteiger partial charge on any atom is 0.264 e. The van der Waals surface area contributed by atoms with Crippen LogP contribution in [0, 0.1) is 12.8 Å². The highest BCUT2D eigenvalue weighted by atomic mass is 35.5. The van der Waals surface area contributed by atoms with Gasteiger partial charge in [0.1, 0.15) is 12.6 Å². The smallest absolute Gasteiger partial charge is 0.264 e. The van der Waals surface area contributed by atoms with Crippen molar-refractivity contribution >= 4 is 73.9 Å². The van der Waals surface area contributed by atoms with Crippen molar-refractivity contribution in [3.63, 3.8) is 0 Å². The van der Waals surface area contributed by atoms with Crippen LogP contribution in [-0.4, -0.2) is 44.3 Å². The molecule has 12 heteroatoms. The molecule has 3 aromatic carbocycles. The molecule has 0 bridgehead atoms. The lowest BCUT2D eigenvalue weighted by molar-refractivity contribution is -0.140. The zero-order valence-corrected chi connectivity index (χ0v) is 27.5. The van der Waals surface area contributed by atoms with Gasteiger partial charge in [0.25, 0.3) is 10.0 Å². The minimum absolute atomic E-state index is 0.0196. The van der Waals surface area contributed by atoms with E-state index in [-0.39, 0.29) is 45.4 Å². The van der Waals surface area contributed by atoms with Gasteiger partial charge >= 0.3 is 0 Å². The molecule has 1 N–H and O–H groups in total. The van der Waals surface area contributed by atoms with E-state index in [1.165, 1.54) is 29.2 Å². The van der Waals surface area contributed by atoms with Gasteiger partial charge in [-0.1, -0.05) is 97.0 Å². The number of rotatable bonds is 12. The lowest BCUT2D eigenvalue weighted by Gasteiger charge is -2.34. The molecule has 226 valence electrons. The monoisotopic (exact) mass is 671 g/mol.